The monoisotopic (exact) mass is 210 g/mol. The Morgan fingerprint density at radius 1 is 1.57 bits per heavy atom. The van der Waals surface area contributed by atoms with E-state index < -0.39 is 0 Å². The summed E-state index contributed by atoms with van der Waals surface area (Å²) in [6.45, 7) is 5.01. The van der Waals surface area contributed by atoms with E-state index in [1.807, 2.05) is 18.0 Å². The van der Waals surface area contributed by atoms with Crippen LogP contribution in [0.4, 0.5) is 0 Å². The molecule has 0 spiro atoms. The fourth-order valence-corrected chi connectivity index (χ4v) is 1.98. The summed E-state index contributed by atoms with van der Waals surface area (Å²) in [6.07, 6.45) is 3.06. The highest BCUT2D eigenvalue weighted by Crippen LogP contribution is 2.19. The second kappa shape index (κ2) is 6.04. The molecule has 0 aromatic carbocycles. The van der Waals surface area contributed by atoms with Gasteiger partial charge in [-0.15, -0.1) is 0 Å². The van der Waals surface area contributed by atoms with Gasteiger partial charge in [0.25, 0.3) is 0 Å². The van der Waals surface area contributed by atoms with Gasteiger partial charge in [-0.1, -0.05) is 13.8 Å². The SMILES string of the molecule is CCC(C)SCc1ccnc(CN)c1. The van der Waals surface area contributed by atoms with Crippen LogP contribution in [0, 0.1) is 0 Å². The summed E-state index contributed by atoms with van der Waals surface area (Å²) in [4.78, 5) is 4.17. The molecule has 1 atom stereocenters. The normalized spacial score (nSPS) is 12.8. The zero-order chi connectivity index (χ0) is 10.4. The molecule has 2 nitrogen and oxygen atoms in total. The first-order chi connectivity index (χ1) is 6.76. The zero-order valence-corrected chi connectivity index (χ0v) is 9.68. The van der Waals surface area contributed by atoms with E-state index in [2.05, 4.69) is 31.0 Å². The van der Waals surface area contributed by atoms with Gasteiger partial charge < -0.3 is 5.73 Å². The van der Waals surface area contributed by atoms with Gasteiger partial charge in [0.15, 0.2) is 0 Å². The maximum absolute atomic E-state index is 5.53. The van der Waals surface area contributed by atoms with Crippen molar-refractivity contribution in [2.45, 2.75) is 37.8 Å². The number of aromatic nitrogens is 1. The van der Waals surface area contributed by atoms with Crippen molar-refractivity contribution in [2.75, 3.05) is 0 Å². The lowest BCUT2D eigenvalue weighted by atomic mass is 10.2. The van der Waals surface area contributed by atoms with Crippen LogP contribution in [0.3, 0.4) is 0 Å². The van der Waals surface area contributed by atoms with Gasteiger partial charge in [0, 0.05) is 23.7 Å². The Hall–Kier alpha value is -0.540. The number of pyridine rings is 1. The van der Waals surface area contributed by atoms with Crippen molar-refractivity contribution < 1.29 is 0 Å². The Morgan fingerprint density at radius 3 is 3.00 bits per heavy atom. The third-order valence-electron chi connectivity index (χ3n) is 2.20. The fraction of sp³-hybridized carbons (Fsp3) is 0.545. The Kier molecular flexibility index (Phi) is 4.98. The molecular weight excluding hydrogens is 192 g/mol. The van der Waals surface area contributed by atoms with Gasteiger partial charge in [-0.3, -0.25) is 4.98 Å². The molecule has 0 saturated heterocycles. The van der Waals surface area contributed by atoms with E-state index in [0.29, 0.717) is 6.54 Å². The van der Waals surface area contributed by atoms with Gasteiger partial charge in [0.05, 0.1) is 5.69 Å². The summed E-state index contributed by atoms with van der Waals surface area (Å²) in [5, 5.41) is 0.726. The van der Waals surface area contributed by atoms with E-state index in [1.165, 1.54) is 12.0 Å². The number of nitrogens with two attached hydrogens (primary N) is 1. The lowest BCUT2D eigenvalue weighted by molar-refractivity contribution is 0.904. The van der Waals surface area contributed by atoms with Gasteiger partial charge in [0.2, 0.25) is 0 Å². The summed E-state index contributed by atoms with van der Waals surface area (Å²) in [5.74, 6) is 1.06. The van der Waals surface area contributed by atoms with Crippen LogP contribution in [-0.2, 0) is 12.3 Å². The molecule has 0 aliphatic rings. The van der Waals surface area contributed by atoms with Crippen molar-refractivity contribution in [3.63, 3.8) is 0 Å². The van der Waals surface area contributed by atoms with E-state index in [-0.39, 0.29) is 0 Å². The van der Waals surface area contributed by atoms with Crippen molar-refractivity contribution in [1.29, 1.82) is 0 Å². The summed E-state index contributed by atoms with van der Waals surface area (Å²) in [7, 11) is 0. The minimum absolute atomic E-state index is 0.530. The van der Waals surface area contributed by atoms with E-state index >= 15 is 0 Å². The summed E-state index contributed by atoms with van der Waals surface area (Å²) in [5.41, 5.74) is 7.84. The summed E-state index contributed by atoms with van der Waals surface area (Å²) < 4.78 is 0. The van der Waals surface area contributed by atoms with E-state index in [9.17, 15) is 0 Å². The maximum Gasteiger partial charge on any atom is 0.0542 e. The highest BCUT2D eigenvalue weighted by molar-refractivity contribution is 7.99. The number of rotatable bonds is 5. The third kappa shape index (κ3) is 3.68. The first-order valence-corrected chi connectivity index (χ1v) is 6.06. The van der Waals surface area contributed by atoms with E-state index in [1.54, 1.807) is 0 Å². The molecule has 1 rings (SSSR count). The average Bonchev–Trinajstić information content (AvgIpc) is 2.26. The topological polar surface area (TPSA) is 38.9 Å². The Morgan fingerprint density at radius 2 is 2.36 bits per heavy atom. The van der Waals surface area contributed by atoms with Crippen LogP contribution in [0.1, 0.15) is 31.5 Å². The van der Waals surface area contributed by atoms with Gasteiger partial charge in [-0.25, -0.2) is 0 Å². The molecule has 0 radical (unpaired) electrons. The molecule has 0 saturated carbocycles. The third-order valence-corrected chi connectivity index (χ3v) is 3.60. The molecule has 0 fully saturated rings. The largest absolute Gasteiger partial charge is 0.325 e. The lowest BCUT2D eigenvalue weighted by Gasteiger charge is -2.08. The van der Waals surface area contributed by atoms with Crippen molar-refractivity contribution in [1.82, 2.24) is 4.98 Å². The molecule has 78 valence electrons. The van der Waals surface area contributed by atoms with Gasteiger partial charge in [-0.2, -0.15) is 11.8 Å². The number of hydrogen-bond donors (Lipinski definition) is 1. The second-order valence-electron chi connectivity index (χ2n) is 3.39. The predicted molar refractivity (Wildman–Crippen MR) is 63.2 cm³/mol. The van der Waals surface area contributed by atoms with Gasteiger partial charge in [0.1, 0.15) is 0 Å². The Labute approximate surface area is 90.3 Å². The lowest BCUT2D eigenvalue weighted by Crippen LogP contribution is -2.00. The predicted octanol–water partition coefficient (Wildman–Crippen LogP) is 2.57. The molecule has 2 N–H and O–H groups in total. The molecule has 3 heteroatoms. The van der Waals surface area contributed by atoms with E-state index in [4.69, 9.17) is 5.73 Å². The standard InChI is InChI=1S/C11H18N2S/c1-3-9(2)14-8-10-4-5-13-11(6-10)7-12/h4-6,9H,3,7-8,12H2,1-2H3. The Bertz CT molecular complexity index is 276. The smallest absolute Gasteiger partial charge is 0.0542 e. The van der Waals surface area contributed by atoms with Crippen LogP contribution in [0.25, 0.3) is 0 Å². The number of nitrogens with zero attached hydrogens (tertiary/aromatic N) is 1. The molecule has 0 amide bonds. The molecule has 14 heavy (non-hydrogen) atoms. The van der Waals surface area contributed by atoms with Crippen LogP contribution in [0.15, 0.2) is 18.3 Å². The molecule has 1 unspecified atom stereocenters. The van der Waals surface area contributed by atoms with Crippen LogP contribution >= 0.6 is 11.8 Å². The average molecular weight is 210 g/mol. The number of hydrogen-bond acceptors (Lipinski definition) is 3. The quantitative estimate of drug-likeness (QED) is 0.812. The Balaban J connectivity index is 2.50. The highest BCUT2D eigenvalue weighted by atomic mass is 32.2. The van der Waals surface area contributed by atoms with Crippen LogP contribution in [0.2, 0.25) is 0 Å². The van der Waals surface area contributed by atoms with Crippen LogP contribution in [0.5, 0.6) is 0 Å². The molecule has 0 aliphatic heterocycles. The second-order valence-corrected chi connectivity index (χ2v) is 4.82. The van der Waals surface area contributed by atoms with E-state index in [0.717, 1.165) is 16.7 Å². The molecule has 1 aromatic heterocycles. The van der Waals surface area contributed by atoms with Crippen molar-refractivity contribution in [3.05, 3.63) is 29.6 Å². The van der Waals surface area contributed by atoms with Crippen molar-refractivity contribution in [3.8, 4) is 0 Å². The summed E-state index contributed by atoms with van der Waals surface area (Å²) >= 11 is 1.98. The fourth-order valence-electron chi connectivity index (χ4n) is 1.09. The van der Waals surface area contributed by atoms with Crippen LogP contribution < -0.4 is 5.73 Å². The zero-order valence-electron chi connectivity index (χ0n) is 8.86. The minimum Gasteiger partial charge on any atom is -0.325 e. The molecule has 0 aliphatic carbocycles. The highest BCUT2D eigenvalue weighted by Gasteiger charge is 2.01. The van der Waals surface area contributed by atoms with Crippen molar-refractivity contribution in [2.24, 2.45) is 5.73 Å². The molecule has 1 aromatic rings. The first-order valence-electron chi connectivity index (χ1n) is 5.01. The molecular formula is C11H18N2S. The van der Waals surface area contributed by atoms with Crippen LogP contribution in [-0.4, -0.2) is 10.2 Å². The molecule has 0 bridgehead atoms. The molecule has 1 heterocycles. The first kappa shape index (κ1) is 11.5. The number of thioether (sulfide) groups is 1. The van der Waals surface area contributed by atoms with Gasteiger partial charge in [-0.05, 0) is 24.1 Å². The minimum atomic E-state index is 0.530. The van der Waals surface area contributed by atoms with Gasteiger partial charge >= 0.3 is 0 Å². The maximum atomic E-state index is 5.53. The summed E-state index contributed by atoms with van der Waals surface area (Å²) in [6, 6.07) is 4.16. The van der Waals surface area contributed by atoms with Crippen molar-refractivity contribution >= 4 is 11.8 Å².